The van der Waals surface area contributed by atoms with Crippen molar-refractivity contribution in [1.29, 1.82) is 0 Å². The van der Waals surface area contributed by atoms with Crippen molar-refractivity contribution in [2.24, 2.45) is 4.99 Å². The Morgan fingerprint density at radius 1 is 1.14 bits per heavy atom. The van der Waals surface area contributed by atoms with E-state index in [-0.39, 0.29) is 24.0 Å². The number of nitrogens with one attached hydrogen (secondary N) is 2. The van der Waals surface area contributed by atoms with Gasteiger partial charge in [0.25, 0.3) is 0 Å². The summed E-state index contributed by atoms with van der Waals surface area (Å²) in [4.78, 5) is 9.70. The third-order valence-corrected chi connectivity index (χ3v) is 5.29. The number of hydrogen-bond acceptors (Lipinski definition) is 4. The fraction of sp³-hybridized carbons (Fsp3) is 0.682. The van der Waals surface area contributed by atoms with Crippen molar-refractivity contribution in [3.63, 3.8) is 0 Å². The highest BCUT2D eigenvalue weighted by Crippen LogP contribution is 2.09. The van der Waals surface area contributed by atoms with Crippen LogP contribution in [0.4, 0.5) is 0 Å². The van der Waals surface area contributed by atoms with Crippen LogP contribution in [-0.2, 0) is 17.8 Å². The summed E-state index contributed by atoms with van der Waals surface area (Å²) in [5.74, 6) is 0.886. The fourth-order valence-corrected chi connectivity index (χ4v) is 3.44. The molecule has 1 heterocycles. The van der Waals surface area contributed by atoms with Crippen molar-refractivity contribution >= 4 is 29.9 Å². The van der Waals surface area contributed by atoms with Gasteiger partial charge < -0.3 is 15.4 Å². The lowest BCUT2D eigenvalue weighted by atomic mass is 10.1. The number of ether oxygens (including phenoxy) is 1. The van der Waals surface area contributed by atoms with Crippen LogP contribution in [0.5, 0.6) is 0 Å². The lowest BCUT2D eigenvalue weighted by Gasteiger charge is -2.32. The van der Waals surface area contributed by atoms with Crippen LogP contribution in [0, 0.1) is 0 Å². The van der Waals surface area contributed by atoms with E-state index in [2.05, 4.69) is 72.4 Å². The molecule has 1 aliphatic heterocycles. The molecule has 1 atom stereocenters. The number of rotatable bonds is 10. The number of halogens is 1. The molecule has 1 fully saturated rings. The van der Waals surface area contributed by atoms with Gasteiger partial charge in [-0.3, -0.25) is 9.80 Å². The van der Waals surface area contributed by atoms with E-state index in [1.165, 1.54) is 11.1 Å². The smallest absolute Gasteiger partial charge is 0.191 e. The van der Waals surface area contributed by atoms with Gasteiger partial charge >= 0.3 is 0 Å². The second-order valence-electron chi connectivity index (χ2n) is 7.35. The largest absolute Gasteiger partial charge is 0.379 e. The highest BCUT2D eigenvalue weighted by molar-refractivity contribution is 14.0. The Balaban J connectivity index is 0.00000420. The third-order valence-electron chi connectivity index (χ3n) is 5.29. The molecule has 166 valence electrons. The van der Waals surface area contributed by atoms with E-state index in [4.69, 9.17) is 9.73 Å². The summed E-state index contributed by atoms with van der Waals surface area (Å²) in [7, 11) is 0. The molecular formula is C22H40IN5O. The molecular weight excluding hydrogens is 477 g/mol. The highest BCUT2D eigenvalue weighted by atomic mass is 127. The highest BCUT2D eigenvalue weighted by Gasteiger charge is 2.17. The van der Waals surface area contributed by atoms with Gasteiger partial charge in [-0.25, -0.2) is 4.99 Å². The minimum Gasteiger partial charge on any atom is -0.379 e. The summed E-state index contributed by atoms with van der Waals surface area (Å²) >= 11 is 0. The molecule has 29 heavy (non-hydrogen) atoms. The predicted octanol–water partition coefficient (Wildman–Crippen LogP) is 2.92. The van der Waals surface area contributed by atoms with Crippen LogP contribution in [0.3, 0.4) is 0 Å². The van der Waals surface area contributed by atoms with Crippen LogP contribution < -0.4 is 10.6 Å². The number of aliphatic imine (C=N–C) groups is 1. The second kappa shape index (κ2) is 15.0. The monoisotopic (exact) mass is 517 g/mol. The van der Waals surface area contributed by atoms with Gasteiger partial charge in [-0.15, -0.1) is 24.0 Å². The molecule has 0 saturated carbocycles. The van der Waals surface area contributed by atoms with Crippen LogP contribution in [0.1, 0.15) is 38.8 Å². The van der Waals surface area contributed by atoms with E-state index in [1.807, 2.05) is 0 Å². The van der Waals surface area contributed by atoms with E-state index < -0.39 is 0 Å². The number of guanidine groups is 1. The molecule has 1 unspecified atom stereocenters. The van der Waals surface area contributed by atoms with Gasteiger partial charge in [0.2, 0.25) is 0 Å². The molecule has 7 heteroatoms. The zero-order valence-electron chi connectivity index (χ0n) is 18.6. The van der Waals surface area contributed by atoms with Gasteiger partial charge in [0.05, 0.1) is 19.8 Å². The normalized spacial score (nSPS) is 16.4. The maximum Gasteiger partial charge on any atom is 0.191 e. The zero-order valence-corrected chi connectivity index (χ0v) is 20.9. The van der Waals surface area contributed by atoms with Gasteiger partial charge in [-0.05, 0) is 38.1 Å². The first-order valence-electron chi connectivity index (χ1n) is 10.8. The molecule has 1 aromatic rings. The lowest BCUT2D eigenvalue weighted by molar-refractivity contribution is 0.0211. The summed E-state index contributed by atoms with van der Waals surface area (Å²) in [5, 5.41) is 6.86. The van der Waals surface area contributed by atoms with Crippen molar-refractivity contribution in [2.45, 2.75) is 46.8 Å². The van der Waals surface area contributed by atoms with Crippen molar-refractivity contribution < 1.29 is 4.74 Å². The molecule has 0 radical (unpaired) electrons. The molecule has 0 aromatic heterocycles. The van der Waals surface area contributed by atoms with Crippen LogP contribution in [0.25, 0.3) is 0 Å². The van der Waals surface area contributed by atoms with Crippen molar-refractivity contribution in [1.82, 2.24) is 20.4 Å². The van der Waals surface area contributed by atoms with Gasteiger partial charge in [0, 0.05) is 38.8 Å². The minimum atomic E-state index is 0. The average Bonchev–Trinajstić information content (AvgIpc) is 2.74. The molecule has 1 aromatic carbocycles. The Hall–Kier alpha value is -0.900. The summed E-state index contributed by atoms with van der Waals surface area (Å²) < 4.78 is 5.45. The molecule has 0 aliphatic carbocycles. The lowest BCUT2D eigenvalue weighted by Crippen LogP contribution is -2.49. The van der Waals surface area contributed by atoms with Crippen LogP contribution in [0.15, 0.2) is 29.3 Å². The van der Waals surface area contributed by atoms with E-state index >= 15 is 0 Å². The molecule has 2 rings (SSSR count). The van der Waals surface area contributed by atoms with Crippen molar-refractivity contribution in [2.75, 3.05) is 52.5 Å². The zero-order chi connectivity index (χ0) is 20.2. The van der Waals surface area contributed by atoms with Gasteiger partial charge in [-0.2, -0.15) is 0 Å². The van der Waals surface area contributed by atoms with E-state index in [9.17, 15) is 0 Å². The summed E-state index contributed by atoms with van der Waals surface area (Å²) in [6.45, 7) is 18.1. The maximum atomic E-state index is 5.45. The van der Waals surface area contributed by atoms with Crippen molar-refractivity contribution in [3.05, 3.63) is 35.4 Å². The number of benzene rings is 1. The topological polar surface area (TPSA) is 52.1 Å². The Labute approximate surface area is 194 Å². The minimum absolute atomic E-state index is 0. The molecule has 0 spiro atoms. The van der Waals surface area contributed by atoms with Crippen LogP contribution in [-0.4, -0.2) is 74.3 Å². The summed E-state index contributed by atoms with van der Waals surface area (Å²) in [5.41, 5.74) is 2.61. The van der Waals surface area contributed by atoms with Crippen LogP contribution in [0.2, 0.25) is 0 Å². The van der Waals surface area contributed by atoms with Gasteiger partial charge in [0.1, 0.15) is 0 Å². The first kappa shape index (κ1) is 26.1. The summed E-state index contributed by atoms with van der Waals surface area (Å²) in [6, 6.07) is 9.26. The maximum absolute atomic E-state index is 5.45. The van der Waals surface area contributed by atoms with Gasteiger partial charge in [-0.1, -0.05) is 38.1 Å². The first-order valence-corrected chi connectivity index (χ1v) is 10.8. The molecule has 2 N–H and O–H groups in total. The molecule has 6 nitrogen and oxygen atoms in total. The molecule has 0 bridgehead atoms. The van der Waals surface area contributed by atoms with E-state index in [0.717, 1.165) is 65.0 Å². The average molecular weight is 518 g/mol. The van der Waals surface area contributed by atoms with E-state index in [1.54, 1.807) is 0 Å². The third kappa shape index (κ3) is 9.63. The van der Waals surface area contributed by atoms with Gasteiger partial charge in [0.15, 0.2) is 5.96 Å². The Kier molecular flexibility index (Phi) is 13.5. The van der Waals surface area contributed by atoms with E-state index in [0.29, 0.717) is 12.6 Å². The Bertz CT molecular complexity index is 588. The second-order valence-corrected chi connectivity index (χ2v) is 7.35. The molecule has 0 amide bonds. The predicted molar refractivity (Wildman–Crippen MR) is 133 cm³/mol. The number of nitrogens with zero attached hydrogens (tertiary/aromatic N) is 3. The SMILES string of the molecule is CCNC(=NCc1cccc(CN(CC)CC)c1)NCC(C)N1CCOCC1.I. The Morgan fingerprint density at radius 2 is 1.83 bits per heavy atom. The Morgan fingerprint density at radius 3 is 2.48 bits per heavy atom. The molecule has 1 aliphatic rings. The standard InChI is InChI=1S/C22H39N5O.HI/c1-5-23-22(24-16-19(4)27-11-13-28-14-12-27)25-17-20-9-8-10-21(15-20)18-26(6-2)7-3;/h8-10,15,19H,5-7,11-14,16-18H2,1-4H3,(H2,23,24,25);1H. The number of hydrogen-bond donors (Lipinski definition) is 2. The fourth-order valence-electron chi connectivity index (χ4n) is 3.44. The first-order chi connectivity index (χ1) is 13.7. The summed E-state index contributed by atoms with van der Waals surface area (Å²) in [6.07, 6.45) is 0. The quantitative estimate of drug-likeness (QED) is 0.284. The van der Waals surface area contributed by atoms with Crippen LogP contribution >= 0.6 is 24.0 Å². The molecule has 1 saturated heterocycles. The van der Waals surface area contributed by atoms with Crippen molar-refractivity contribution in [3.8, 4) is 0 Å². The number of morpholine rings is 1.